The molecule has 1 N–H and O–H groups in total. The molecule has 0 bridgehead atoms. The van der Waals surface area contributed by atoms with Crippen molar-refractivity contribution < 1.29 is 22.7 Å². The average Bonchev–Trinajstić information content (AvgIpc) is 2.61. The highest BCUT2D eigenvalue weighted by Gasteiger charge is 2.30. The van der Waals surface area contributed by atoms with Gasteiger partial charge in [-0.1, -0.05) is 29.3 Å². The average molecular weight is 447 g/mol. The topological polar surface area (TPSA) is 84.9 Å². The maximum atomic E-state index is 12.8. The molecule has 0 spiro atoms. The van der Waals surface area contributed by atoms with Gasteiger partial charge in [-0.2, -0.15) is 0 Å². The monoisotopic (exact) mass is 446 g/mol. The molecule has 1 amide bonds. The van der Waals surface area contributed by atoms with E-state index in [4.69, 9.17) is 32.7 Å². The Balaban J connectivity index is 2.39. The van der Waals surface area contributed by atoms with Crippen LogP contribution in [0, 0.1) is 0 Å². The number of carbonyl (C=O) groups excluding carboxylic acids is 1. The predicted molar refractivity (Wildman–Crippen MR) is 111 cm³/mol. The Morgan fingerprint density at radius 3 is 2.29 bits per heavy atom. The minimum Gasteiger partial charge on any atom is -0.495 e. The van der Waals surface area contributed by atoms with E-state index in [-0.39, 0.29) is 5.69 Å². The van der Waals surface area contributed by atoms with Crippen molar-refractivity contribution in [1.82, 2.24) is 0 Å². The first-order valence-electron chi connectivity index (χ1n) is 8.05. The lowest BCUT2D eigenvalue weighted by Crippen LogP contribution is -2.45. The molecule has 2 aromatic carbocycles. The molecule has 0 aliphatic carbocycles. The Bertz CT molecular complexity index is 982. The lowest BCUT2D eigenvalue weighted by Gasteiger charge is -2.28. The zero-order chi connectivity index (χ0) is 21.1. The van der Waals surface area contributed by atoms with E-state index in [1.165, 1.54) is 39.3 Å². The Labute approximate surface area is 174 Å². The van der Waals surface area contributed by atoms with E-state index in [0.717, 1.165) is 10.6 Å². The molecular formula is C18H20Cl2N2O5S. The molecule has 0 aliphatic heterocycles. The van der Waals surface area contributed by atoms with Gasteiger partial charge in [0, 0.05) is 17.2 Å². The van der Waals surface area contributed by atoms with Crippen molar-refractivity contribution in [3.63, 3.8) is 0 Å². The number of rotatable bonds is 7. The highest BCUT2D eigenvalue weighted by atomic mass is 35.5. The molecule has 0 heterocycles. The van der Waals surface area contributed by atoms with Gasteiger partial charge in [-0.3, -0.25) is 9.10 Å². The summed E-state index contributed by atoms with van der Waals surface area (Å²) in [7, 11) is -0.910. The summed E-state index contributed by atoms with van der Waals surface area (Å²) in [6, 6.07) is 8.16. The van der Waals surface area contributed by atoms with Crippen LogP contribution in [0.2, 0.25) is 10.0 Å². The zero-order valence-electron chi connectivity index (χ0n) is 15.7. The van der Waals surface area contributed by atoms with Gasteiger partial charge < -0.3 is 14.8 Å². The van der Waals surface area contributed by atoms with E-state index in [9.17, 15) is 13.2 Å². The smallest absolute Gasteiger partial charge is 0.248 e. The minimum absolute atomic E-state index is 0.276. The van der Waals surface area contributed by atoms with Gasteiger partial charge >= 0.3 is 0 Å². The van der Waals surface area contributed by atoms with Crippen LogP contribution in [0.1, 0.15) is 6.92 Å². The molecule has 2 aromatic rings. The van der Waals surface area contributed by atoms with E-state index < -0.39 is 22.0 Å². The number of nitrogens with one attached hydrogen (secondary N) is 1. The van der Waals surface area contributed by atoms with Crippen LogP contribution in [0.15, 0.2) is 36.4 Å². The first-order valence-corrected chi connectivity index (χ1v) is 10.7. The fourth-order valence-corrected chi connectivity index (χ4v) is 4.20. The Hall–Kier alpha value is -2.16. The van der Waals surface area contributed by atoms with Gasteiger partial charge in [-0.15, -0.1) is 0 Å². The van der Waals surface area contributed by atoms with Crippen LogP contribution in [0.3, 0.4) is 0 Å². The molecule has 0 fully saturated rings. The third-order valence-electron chi connectivity index (χ3n) is 3.88. The molecule has 0 saturated carbocycles. The number of amides is 1. The maximum absolute atomic E-state index is 12.8. The summed E-state index contributed by atoms with van der Waals surface area (Å²) >= 11 is 12.0. The molecule has 7 nitrogen and oxygen atoms in total. The highest BCUT2D eigenvalue weighted by Crippen LogP contribution is 2.36. The van der Waals surface area contributed by atoms with Crippen molar-refractivity contribution in [2.24, 2.45) is 0 Å². The fraction of sp³-hybridized carbons (Fsp3) is 0.278. The molecule has 0 aliphatic rings. The molecule has 1 atom stereocenters. The van der Waals surface area contributed by atoms with Crippen molar-refractivity contribution >= 4 is 50.5 Å². The van der Waals surface area contributed by atoms with E-state index in [1.807, 2.05) is 0 Å². The van der Waals surface area contributed by atoms with Crippen LogP contribution >= 0.6 is 23.2 Å². The predicted octanol–water partition coefficient (Wildman–Crippen LogP) is 3.80. The molecule has 10 heteroatoms. The summed E-state index contributed by atoms with van der Waals surface area (Å²) in [4.78, 5) is 12.8. The van der Waals surface area contributed by atoms with Crippen molar-refractivity contribution in [2.45, 2.75) is 13.0 Å². The quantitative estimate of drug-likeness (QED) is 0.698. The molecule has 0 saturated heterocycles. The number of hydrogen-bond acceptors (Lipinski definition) is 5. The highest BCUT2D eigenvalue weighted by molar-refractivity contribution is 7.92. The first-order chi connectivity index (χ1) is 13.1. The number of hydrogen-bond donors (Lipinski definition) is 1. The zero-order valence-corrected chi connectivity index (χ0v) is 18.0. The molecule has 28 heavy (non-hydrogen) atoms. The van der Waals surface area contributed by atoms with E-state index in [2.05, 4.69) is 5.32 Å². The number of anilines is 2. The Morgan fingerprint density at radius 1 is 1.11 bits per heavy atom. The molecular weight excluding hydrogens is 427 g/mol. The number of benzene rings is 2. The van der Waals surface area contributed by atoms with E-state index in [1.54, 1.807) is 18.2 Å². The van der Waals surface area contributed by atoms with Gasteiger partial charge in [-0.25, -0.2) is 8.42 Å². The minimum atomic E-state index is -3.77. The van der Waals surface area contributed by atoms with Crippen LogP contribution in [0.5, 0.6) is 11.5 Å². The summed E-state index contributed by atoms with van der Waals surface area (Å²) in [6.07, 6.45) is 1.02. The van der Waals surface area contributed by atoms with Crippen LogP contribution in [-0.2, 0) is 14.8 Å². The largest absolute Gasteiger partial charge is 0.495 e. The summed E-state index contributed by atoms with van der Waals surface area (Å²) < 4.78 is 36.1. The molecule has 0 unspecified atom stereocenters. The number of ether oxygens (including phenoxy) is 2. The van der Waals surface area contributed by atoms with Gasteiger partial charge in [0.2, 0.25) is 15.9 Å². The van der Waals surface area contributed by atoms with Crippen LogP contribution in [0.4, 0.5) is 11.4 Å². The van der Waals surface area contributed by atoms with Crippen molar-refractivity contribution in [1.29, 1.82) is 0 Å². The summed E-state index contributed by atoms with van der Waals surface area (Å²) in [5.41, 5.74) is 0.568. The van der Waals surface area contributed by atoms with Crippen LogP contribution in [-0.4, -0.2) is 40.8 Å². The first kappa shape index (κ1) is 22.1. The lowest BCUT2D eigenvalue weighted by atomic mass is 10.2. The number of carbonyl (C=O) groups is 1. The number of sulfonamides is 1. The SMILES string of the molecule is COc1cc(NC(=O)[C@@H](C)N(c2cccc(Cl)c2)S(C)(=O)=O)c(OC)cc1Cl. The van der Waals surface area contributed by atoms with E-state index in [0.29, 0.717) is 27.2 Å². The number of nitrogens with zero attached hydrogens (tertiary/aromatic N) is 1. The molecule has 152 valence electrons. The number of halogens is 2. The molecule has 0 aromatic heterocycles. The van der Waals surface area contributed by atoms with Crippen LogP contribution < -0.4 is 19.1 Å². The second kappa shape index (κ2) is 8.89. The Morgan fingerprint density at radius 2 is 1.75 bits per heavy atom. The summed E-state index contributed by atoms with van der Waals surface area (Å²) in [5, 5.41) is 3.32. The van der Waals surface area contributed by atoms with Gasteiger partial charge in [0.25, 0.3) is 0 Å². The van der Waals surface area contributed by atoms with Gasteiger partial charge in [0.05, 0.1) is 36.9 Å². The third kappa shape index (κ3) is 5.01. The van der Waals surface area contributed by atoms with Crippen molar-refractivity contribution in [3.05, 3.63) is 46.4 Å². The van der Waals surface area contributed by atoms with Gasteiger partial charge in [0.15, 0.2) is 0 Å². The van der Waals surface area contributed by atoms with Crippen molar-refractivity contribution in [2.75, 3.05) is 30.1 Å². The maximum Gasteiger partial charge on any atom is 0.248 e. The Kier molecular flexibility index (Phi) is 7.03. The normalized spacial score (nSPS) is 12.2. The van der Waals surface area contributed by atoms with Crippen LogP contribution in [0.25, 0.3) is 0 Å². The van der Waals surface area contributed by atoms with Gasteiger partial charge in [-0.05, 0) is 25.1 Å². The second-order valence-electron chi connectivity index (χ2n) is 5.89. The third-order valence-corrected chi connectivity index (χ3v) is 5.66. The fourth-order valence-electron chi connectivity index (χ4n) is 2.62. The standard InChI is InChI=1S/C18H20Cl2N2O5S/c1-11(22(28(4,24)25)13-7-5-6-12(19)8-13)18(23)21-15-10-16(26-2)14(20)9-17(15)27-3/h5-11H,1-4H3,(H,21,23)/t11-/m1/s1. The number of methoxy groups -OCH3 is 2. The van der Waals surface area contributed by atoms with Gasteiger partial charge in [0.1, 0.15) is 17.5 Å². The lowest BCUT2D eigenvalue weighted by molar-refractivity contribution is -0.116. The summed E-state index contributed by atoms with van der Waals surface area (Å²) in [6.45, 7) is 1.47. The molecule has 0 radical (unpaired) electrons. The second-order valence-corrected chi connectivity index (χ2v) is 8.59. The van der Waals surface area contributed by atoms with E-state index >= 15 is 0 Å². The molecule has 2 rings (SSSR count). The van der Waals surface area contributed by atoms with Crippen molar-refractivity contribution in [3.8, 4) is 11.5 Å². The summed E-state index contributed by atoms with van der Waals surface area (Å²) in [5.74, 6) is 0.0633.